The molecule has 1 N–H and O–H groups in total. The van der Waals surface area contributed by atoms with Crippen LogP contribution < -0.4 is 0 Å². The molecule has 0 amide bonds. The predicted octanol–water partition coefficient (Wildman–Crippen LogP) is 2.13. The summed E-state index contributed by atoms with van der Waals surface area (Å²) in [4.78, 5) is 13.2. The lowest BCUT2D eigenvalue weighted by atomic mass is 9.89. The van der Waals surface area contributed by atoms with Crippen LogP contribution in [0.15, 0.2) is 0 Å². The van der Waals surface area contributed by atoms with Crippen LogP contribution in [0.4, 0.5) is 0 Å². The molecule has 0 radical (unpaired) electrons. The summed E-state index contributed by atoms with van der Waals surface area (Å²) in [6.45, 7) is 6.19. The molecule has 0 aromatic heterocycles. The van der Waals surface area contributed by atoms with Gasteiger partial charge < -0.3 is 9.84 Å². The fourth-order valence-corrected chi connectivity index (χ4v) is 2.81. The monoisotopic (exact) mass is 255 g/mol. The van der Waals surface area contributed by atoms with Crippen molar-refractivity contribution < 1.29 is 14.6 Å². The normalized spacial score (nSPS) is 32.7. The molecular formula is C14H25NO3. The van der Waals surface area contributed by atoms with Gasteiger partial charge in [0.2, 0.25) is 0 Å². The zero-order valence-electron chi connectivity index (χ0n) is 11.5. The molecule has 1 aliphatic heterocycles. The highest BCUT2D eigenvalue weighted by Gasteiger charge is 2.37. The molecule has 4 nitrogen and oxygen atoms in total. The fourth-order valence-electron chi connectivity index (χ4n) is 2.81. The number of hydrogen-bond acceptors (Lipinski definition) is 3. The van der Waals surface area contributed by atoms with Crippen LogP contribution in [0.1, 0.15) is 46.0 Å². The molecule has 2 fully saturated rings. The van der Waals surface area contributed by atoms with E-state index in [0.29, 0.717) is 6.04 Å². The summed E-state index contributed by atoms with van der Waals surface area (Å²) in [6.07, 6.45) is 5.46. The highest BCUT2D eigenvalue weighted by molar-refractivity contribution is 5.69. The number of rotatable bonds is 6. The number of aliphatic carboxylic acids is 1. The maximum Gasteiger partial charge on any atom is 0.317 e. The van der Waals surface area contributed by atoms with Crippen LogP contribution in [0.2, 0.25) is 0 Å². The molecule has 18 heavy (non-hydrogen) atoms. The summed E-state index contributed by atoms with van der Waals surface area (Å²) in [5.74, 6) is 0.0282. The van der Waals surface area contributed by atoms with Gasteiger partial charge in [-0.3, -0.25) is 9.69 Å². The second-order valence-electron chi connectivity index (χ2n) is 6.07. The number of ether oxygens (including phenoxy) is 1. The van der Waals surface area contributed by atoms with Gasteiger partial charge in [-0.25, -0.2) is 0 Å². The first-order valence-corrected chi connectivity index (χ1v) is 7.12. The predicted molar refractivity (Wildman–Crippen MR) is 69.6 cm³/mol. The van der Waals surface area contributed by atoms with E-state index >= 15 is 0 Å². The minimum atomic E-state index is -0.708. The maximum atomic E-state index is 11.0. The molecule has 2 aliphatic rings. The van der Waals surface area contributed by atoms with Crippen LogP contribution in [0, 0.1) is 5.92 Å². The third-order valence-electron chi connectivity index (χ3n) is 4.36. The Balaban J connectivity index is 1.97. The third-order valence-corrected chi connectivity index (χ3v) is 4.36. The lowest BCUT2D eigenvalue weighted by Gasteiger charge is -2.42. The van der Waals surface area contributed by atoms with Gasteiger partial charge in [-0.05, 0) is 44.9 Å². The van der Waals surface area contributed by atoms with E-state index in [-0.39, 0.29) is 12.1 Å². The van der Waals surface area contributed by atoms with E-state index in [0.717, 1.165) is 38.3 Å². The van der Waals surface area contributed by atoms with E-state index in [4.69, 9.17) is 9.84 Å². The van der Waals surface area contributed by atoms with Crippen LogP contribution in [0.25, 0.3) is 0 Å². The second kappa shape index (κ2) is 5.57. The van der Waals surface area contributed by atoms with E-state index in [1.165, 1.54) is 12.8 Å². The van der Waals surface area contributed by atoms with Crippen LogP contribution >= 0.6 is 0 Å². The molecule has 1 saturated carbocycles. The number of nitrogens with zero attached hydrogens (tertiary/aromatic N) is 1. The van der Waals surface area contributed by atoms with Crippen molar-refractivity contribution in [3.8, 4) is 0 Å². The third kappa shape index (κ3) is 3.69. The van der Waals surface area contributed by atoms with Gasteiger partial charge in [-0.2, -0.15) is 0 Å². The lowest BCUT2D eigenvalue weighted by molar-refractivity contribution is -0.142. The van der Waals surface area contributed by atoms with Gasteiger partial charge in [-0.15, -0.1) is 0 Å². The molecule has 2 atom stereocenters. The first-order chi connectivity index (χ1) is 8.52. The fraction of sp³-hybridized carbons (Fsp3) is 0.929. The smallest absolute Gasteiger partial charge is 0.317 e. The molecule has 0 bridgehead atoms. The van der Waals surface area contributed by atoms with E-state index in [1.807, 2.05) is 0 Å². The van der Waals surface area contributed by atoms with E-state index < -0.39 is 5.97 Å². The zero-order valence-corrected chi connectivity index (χ0v) is 11.5. The van der Waals surface area contributed by atoms with Crippen LogP contribution in [-0.2, 0) is 9.53 Å². The van der Waals surface area contributed by atoms with Gasteiger partial charge >= 0.3 is 5.97 Å². The van der Waals surface area contributed by atoms with Crippen molar-refractivity contribution in [2.45, 2.75) is 57.6 Å². The van der Waals surface area contributed by atoms with Gasteiger partial charge in [-0.1, -0.05) is 6.92 Å². The topological polar surface area (TPSA) is 49.8 Å². The first kappa shape index (κ1) is 13.8. The lowest BCUT2D eigenvalue weighted by Crippen LogP contribution is -2.49. The minimum Gasteiger partial charge on any atom is -0.480 e. The Hall–Kier alpha value is -0.610. The standard InChI is InChI=1S/C14H25NO3/c1-3-14(2)8-12(6-7-18-14)15(10-13(16)17)9-11-4-5-11/h11-12H,3-10H2,1-2H3,(H,16,17). The zero-order chi connectivity index (χ0) is 13.2. The summed E-state index contributed by atoms with van der Waals surface area (Å²) < 4.78 is 5.85. The van der Waals surface area contributed by atoms with Gasteiger partial charge in [0, 0.05) is 19.2 Å². The van der Waals surface area contributed by atoms with Gasteiger partial charge in [0.15, 0.2) is 0 Å². The van der Waals surface area contributed by atoms with Crippen LogP contribution in [0.5, 0.6) is 0 Å². The Bertz CT molecular complexity index is 303. The van der Waals surface area contributed by atoms with Crippen molar-refractivity contribution in [2.75, 3.05) is 19.7 Å². The number of carboxylic acids is 1. The molecule has 1 saturated heterocycles. The van der Waals surface area contributed by atoms with Crippen molar-refractivity contribution in [3.05, 3.63) is 0 Å². The van der Waals surface area contributed by atoms with Crippen molar-refractivity contribution >= 4 is 5.97 Å². The van der Waals surface area contributed by atoms with Crippen LogP contribution in [-0.4, -0.2) is 47.3 Å². The molecule has 0 aromatic carbocycles. The van der Waals surface area contributed by atoms with Crippen molar-refractivity contribution in [2.24, 2.45) is 5.92 Å². The van der Waals surface area contributed by atoms with E-state index in [1.54, 1.807) is 0 Å². The summed E-state index contributed by atoms with van der Waals surface area (Å²) in [7, 11) is 0. The first-order valence-electron chi connectivity index (χ1n) is 7.12. The van der Waals surface area contributed by atoms with Crippen molar-refractivity contribution in [1.82, 2.24) is 4.90 Å². The molecule has 2 unspecified atom stereocenters. The van der Waals surface area contributed by atoms with Gasteiger partial charge in [0.05, 0.1) is 12.1 Å². The quantitative estimate of drug-likeness (QED) is 0.790. The maximum absolute atomic E-state index is 11.0. The molecule has 4 heteroatoms. The highest BCUT2D eigenvalue weighted by atomic mass is 16.5. The van der Waals surface area contributed by atoms with Gasteiger partial charge in [0.25, 0.3) is 0 Å². The van der Waals surface area contributed by atoms with Gasteiger partial charge in [0.1, 0.15) is 0 Å². The Labute approximate surface area is 109 Å². The molecule has 0 spiro atoms. The SMILES string of the molecule is CCC1(C)CC(N(CC(=O)O)CC2CC2)CCO1. The summed E-state index contributed by atoms with van der Waals surface area (Å²) >= 11 is 0. The Morgan fingerprint density at radius 2 is 2.17 bits per heavy atom. The number of hydrogen-bond donors (Lipinski definition) is 1. The molecular weight excluding hydrogens is 230 g/mol. The molecule has 104 valence electrons. The molecule has 1 heterocycles. The summed E-state index contributed by atoms with van der Waals surface area (Å²) in [5, 5.41) is 9.06. The second-order valence-corrected chi connectivity index (χ2v) is 6.07. The highest BCUT2D eigenvalue weighted by Crippen LogP contribution is 2.34. The molecule has 2 rings (SSSR count). The molecule has 0 aromatic rings. The Morgan fingerprint density at radius 3 is 2.72 bits per heavy atom. The van der Waals surface area contributed by atoms with Crippen molar-refractivity contribution in [1.29, 1.82) is 0 Å². The summed E-state index contributed by atoms with van der Waals surface area (Å²) in [5.41, 5.74) is -0.0662. The largest absolute Gasteiger partial charge is 0.480 e. The Morgan fingerprint density at radius 1 is 1.44 bits per heavy atom. The average molecular weight is 255 g/mol. The number of carboxylic acid groups (broad SMARTS) is 1. The Kier molecular flexibility index (Phi) is 4.28. The molecule has 1 aliphatic carbocycles. The average Bonchev–Trinajstić information content (AvgIpc) is 3.12. The van der Waals surface area contributed by atoms with Crippen LogP contribution in [0.3, 0.4) is 0 Å². The van der Waals surface area contributed by atoms with E-state index in [2.05, 4.69) is 18.7 Å². The number of carbonyl (C=O) groups is 1. The summed E-state index contributed by atoms with van der Waals surface area (Å²) in [6, 6.07) is 0.375. The van der Waals surface area contributed by atoms with Crippen molar-refractivity contribution in [3.63, 3.8) is 0 Å². The van der Waals surface area contributed by atoms with E-state index in [9.17, 15) is 4.79 Å². The minimum absolute atomic E-state index is 0.0662.